The van der Waals surface area contributed by atoms with Gasteiger partial charge in [-0.05, 0) is 79.9 Å². The predicted octanol–water partition coefficient (Wildman–Crippen LogP) is 5.46. The summed E-state index contributed by atoms with van der Waals surface area (Å²) in [6.45, 7) is 6.18. The number of benzene rings is 2. The van der Waals surface area contributed by atoms with Crippen LogP contribution in [0, 0.1) is 0 Å². The molecule has 2 heterocycles. The molecule has 7 nitrogen and oxygen atoms in total. The lowest BCUT2D eigenvalue weighted by Crippen LogP contribution is -2.13. The number of amidine groups is 1. The summed E-state index contributed by atoms with van der Waals surface area (Å²) in [5.74, 6) is 1.94. The number of nitrogens with zero attached hydrogens (tertiary/aromatic N) is 4. The van der Waals surface area contributed by atoms with Gasteiger partial charge >= 0.3 is 0 Å². The average Bonchev–Trinajstić information content (AvgIpc) is 3.16. The molecule has 9 heteroatoms. The quantitative estimate of drug-likeness (QED) is 0.457. The first kappa shape index (κ1) is 22.9. The van der Waals surface area contributed by atoms with Crippen LogP contribution in [-0.2, 0) is 4.57 Å². The van der Waals surface area contributed by atoms with Crippen molar-refractivity contribution in [2.75, 3.05) is 30.5 Å². The topological polar surface area (TPSA) is 92.2 Å². The van der Waals surface area contributed by atoms with E-state index >= 15 is 0 Å². The summed E-state index contributed by atoms with van der Waals surface area (Å²) in [7, 11) is -2.32. The molecular weight excluding hydrogens is 455 g/mol. The van der Waals surface area contributed by atoms with Gasteiger partial charge in [0, 0.05) is 16.0 Å². The van der Waals surface area contributed by atoms with Crippen LogP contribution in [0.4, 0.5) is 17.6 Å². The van der Waals surface area contributed by atoms with Gasteiger partial charge in [-0.3, -0.25) is 4.99 Å². The van der Waals surface area contributed by atoms with Crippen LogP contribution in [0.25, 0.3) is 12.2 Å². The molecule has 1 aliphatic rings. The molecule has 0 spiro atoms. The number of hydrogen-bond acceptors (Lipinski definition) is 7. The molecule has 0 atom stereocenters. The molecule has 0 fully saturated rings. The summed E-state index contributed by atoms with van der Waals surface area (Å²) in [4.78, 5) is 17.9. The predicted molar refractivity (Wildman–Crippen MR) is 139 cm³/mol. The van der Waals surface area contributed by atoms with Gasteiger partial charge in [0.15, 0.2) is 5.82 Å². The Kier molecular flexibility index (Phi) is 6.72. The highest BCUT2D eigenvalue weighted by Gasteiger charge is 2.12. The van der Waals surface area contributed by atoms with Gasteiger partial charge in [0.1, 0.15) is 13.0 Å². The molecule has 0 radical (unpaired) electrons. The van der Waals surface area contributed by atoms with Crippen LogP contribution < -0.4 is 15.9 Å². The highest BCUT2D eigenvalue weighted by Crippen LogP contribution is 2.34. The minimum Gasteiger partial charge on any atom is -0.324 e. The van der Waals surface area contributed by atoms with E-state index in [1.165, 1.54) is 0 Å². The largest absolute Gasteiger partial charge is 0.324 e. The summed E-state index contributed by atoms with van der Waals surface area (Å²) in [5.41, 5.74) is 2.88. The van der Waals surface area contributed by atoms with Crippen LogP contribution >= 0.6 is 18.7 Å². The van der Waals surface area contributed by atoms with Crippen molar-refractivity contribution < 1.29 is 4.57 Å². The maximum absolute atomic E-state index is 12.3. The molecule has 1 aliphatic heterocycles. The SMILES string of the molecule is CC1=CC(Nc2nc(/C=C/c3cccc(Cl)c3)nc(Nc3ccc(P(C)(C)=O)cc3)n2)=NC1. The molecule has 0 saturated carbocycles. The number of anilines is 3. The molecule has 0 bridgehead atoms. The zero-order valence-corrected chi connectivity index (χ0v) is 20.2. The number of nitrogens with one attached hydrogen (secondary N) is 2. The molecule has 0 aliphatic carbocycles. The fourth-order valence-corrected chi connectivity index (χ4v) is 4.18. The second-order valence-electron chi connectivity index (χ2n) is 8.07. The van der Waals surface area contributed by atoms with Crippen molar-refractivity contribution in [3.8, 4) is 0 Å². The van der Waals surface area contributed by atoms with Gasteiger partial charge in [-0.25, -0.2) is 0 Å². The standard InChI is InChI=1S/C24H24ClN6OP/c1-16-13-22(26-15-16)30-24-29-21(12-7-17-5-4-6-18(25)14-17)28-23(31-24)27-19-8-10-20(11-9-19)33(2,3)32/h4-14H,15H2,1-3H3,(H2,26,27,28,29,30,31)/b12-7+. The van der Waals surface area contributed by atoms with Gasteiger partial charge in [0.25, 0.3) is 0 Å². The second kappa shape index (κ2) is 9.69. The molecule has 2 N–H and O–H groups in total. The third-order valence-corrected chi connectivity index (χ3v) is 6.57. The van der Waals surface area contributed by atoms with Crippen LogP contribution in [0.1, 0.15) is 18.3 Å². The number of aromatic nitrogens is 3. The van der Waals surface area contributed by atoms with Crippen molar-refractivity contribution in [3.63, 3.8) is 0 Å². The van der Waals surface area contributed by atoms with E-state index in [9.17, 15) is 4.57 Å². The molecule has 1 aromatic heterocycles. The van der Waals surface area contributed by atoms with Crippen molar-refractivity contribution in [3.05, 3.63) is 76.6 Å². The third-order valence-electron chi connectivity index (χ3n) is 4.79. The molecule has 0 amide bonds. The first-order chi connectivity index (χ1) is 15.7. The van der Waals surface area contributed by atoms with Crippen molar-refractivity contribution >= 4 is 59.6 Å². The van der Waals surface area contributed by atoms with Crippen molar-refractivity contribution in [2.24, 2.45) is 4.99 Å². The van der Waals surface area contributed by atoms with Crippen molar-refractivity contribution in [2.45, 2.75) is 6.92 Å². The van der Waals surface area contributed by atoms with E-state index in [0.717, 1.165) is 22.1 Å². The first-order valence-electron chi connectivity index (χ1n) is 10.4. The van der Waals surface area contributed by atoms with Gasteiger partial charge in [-0.2, -0.15) is 15.0 Å². The molecule has 0 unspecified atom stereocenters. The van der Waals surface area contributed by atoms with Crippen LogP contribution in [0.5, 0.6) is 0 Å². The molecular formula is C24H24ClN6OP. The minimum absolute atomic E-state index is 0.376. The van der Waals surface area contributed by atoms with E-state index in [4.69, 9.17) is 11.6 Å². The molecule has 2 aromatic carbocycles. The molecule has 168 valence electrons. The van der Waals surface area contributed by atoms with E-state index in [1.807, 2.05) is 67.6 Å². The number of hydrogen-bond donors (Lipinski definition) is 2. The number of rotatable bonds is 6. The van der Waals surface area contributed by atoms with E-state index in [1.54, 1.807) is 19.4 Å². The van der Waals surface area contributed by atoms with Gasteiger partial charge in [0.2, 0.25) is 11.9 Å². The van der Waals surface area contributed by atoms with Gasteiger partial charge in [0.05, 0.1) is 6.54 Å². The Labute approximate surface area is 198 Å². The molecule has 3 aromatic rings. The Hall–Kier alpha value is -3.28. The highest BCUT2D eigenvalue weighted by atomic mass is 35.5. The maximum Gasteiger partial charge on any atom is 0.233 e. The molecule has 4 rings (SSSR count). The third kappa shape index (κ3) is 6.37. The Morgan fingerprint density at radius 3 is 2.33 bits per heavy atom. The fraction of sp³-hybridized carbons (Fsp3) is 0.167. The molecule has 0 saturated heterocycles. The summed E-state index contributed by atoms with van der Waals surface area (Å²) in [6, 6.07) is 14.9. The first-order valence-corrected chi connectivity index (χ1v) is 13.3. The van der Waals surface area contributed by atoms with E-state index in [2.05, 4.69) is 30.6 Å². The Bertz CT molecular complexity index is 1310. The maximum atomic E-state index is 12.3. The average molecular weight is 479 g/mol. The summed E-state index contributed by atoms with van der Waals surface area (Å²) >= 11 is 6.08. The van der Waals surface area contributed by atoms with E-state index in [-0.39, 0.29) is 0 Å². The fourth-order valence-electron chi connectivity index (χ4n) is 3.12. The Balaban J connectivity index is 1.62. The smallest absolute Gasteiger partial charge is 0.233 e. The minimum atomic E-state index is -2.32. The Morgan fingerprint density at radius 1 is 0.970 bits per heavy atom. The van der Waals surface area contributed by atoms with Crippen LogP contribution in [-0.4, -0.2) is 40.7 Å². The van der Waals surface area contributed by atoms with E-state index < -0.39 is 7.14 Å². The summed E-state index contributed by atoms with van der Waals surface area (Å²) in [5, 5.41) is 7.83. The van der Waals surface area contributed by atoms with Crippen LogP contribution in [0.3, 0.4) is 0 Å². The van der Waals surface area contributed by atoms with Crippen molar-refractivity contribution in [1.82, 2.24) is 15.0 Å². The normalized spacial score (nSPS) is 13.7. The van der Waals surface area contributed by atoms with Gasteiger partial charge in [-0.15, -0.1) is 0 Å². The second-order valence-corrected chi connectivity index (χ2v) is 11.7. The summed E-state index contributed by atoms with van der Waals surface area (Å²) in [6.07, 6.45) is 5.65. The van der Waals surface area contributed by atoms with Crippen LogP contribution in [0.15, 0.2) is 65.2 Å². The molecule has 33 heavy (non-hydrogen) atoms. The lowest BCUT2D eigenvalue weighted by atomic mass is 10.2. The highest BCUT2D eigenvalue weighted by molar-refractivity contribution is 7.70. The van der Waals surface area contributed by atoms with Gasteiger partial charge in [-0.1, -0.05) is 29.8 Å². The van der Waals surface area contributed by atoms with Crippen LogP contribution in [0.2, 0.25) is 5.02 Å². The lowest BCUT2D eigenvalue weighted by molar-refractivity contribution is 0.588. The zero-order chi connectivity index (χ0) is 23.4. The summed E-state index contributed by atoms with van der Waals surface area (Å²) < 4.78 is 12.3. The van der Waals surface area contributed by atoms with E-state index in [0.29, 0.717) is 35.1 Å². The monoisotopic (exact) mass is 478 g/mol. The van der Waals surface area contributed by atoms with Gasteiger partial charge < -0.3 is 15.2 Å². The number of aliphatic imine (C=N–C) groups is 1. The lowest BCUT2D eigenvalue weighted by Gasteiger charge is -2.10. The zero-order valence-electron chi connectivity index (χ0n) is 18.6. The van der Waals surface area contributed by atoms with Crippen molar-refractivity contribution in [1.29, 1.82) is 0 Å². The Morgan fingerprint density at radius 2 is 1.70 bits per heavy atom. The number of halogens is 1.